The molecule has 5 aliphatic carbocycles. The van der Waals surface area contributed by atoms with Crippen LogP contribution < -0.4 is 4.74 Å². The summed E-state index contributed by atoms with van der Waals surface area (Å²) >= 11 is 0. The molecule has 0 radical (unpaired) electrons. The first-order valence-electron chi connectivity index (χ1n) is 14.6. The molecule has 5 fully saturated rings. The molecule has 0 bridgehead atoms. The van der Waals surface area contributed by atoms with Crippen LogP contribution in [0.25, 0.3) is 0 Å². The van der Waals surface area contributed by atoms with Crippen LogP contribution in [0.5, 0.6) is 5.75 Å². The minimum Gasteiger partial charge on any atom is -0.489 e. The molecular weight excluding hydrogens is 434 g/mol. The maximum absolute atomic E-state index is 9.16. The SMILES string of the molecule is COC1C[C@H]2[C@@H]3CC[C@H]([C@H](C)CCc4ncccc4OCCO)[C@@]3(C)CC[C@@H]2[C@@]2(C)CC[C@@H]3C[C@@]132. The summed E-state index contributed by atoms with van der Waals surface area (Å²) in [4.78, 5) is 4.63. The summed E-state index contributed by atoms with van der Waals surface area (Å²) in [5.74, 6) is 5.96. The Morgan fingerprint density at radius 2 is 2.00 bits per heavy atom. The Morgan fingerprint density at radius 3 is 2.77 bits per heavy atom. The fourth-order valence-electron chi connectivity index (χ4n) is 11.0. The highest BCUT2D eigenvalue weighted by atomic mass is 16.5. The van der Waals surface area contributed by atoms with Gasteiger partial charge in [0, 0.05) is 18.7 Å². The zero-order valence-electron chi connectivity index (χ0n) is 22.5. The number of methoxy groups -OCH3 is 1. The van der Waals surface area contributed by atoms with Crippen LogP contribution in [-0.2, 0) is 11.2 Å². The summed E-state index contributed by atoms with van der Waals surface area (Å²) in [5.41, 5.74) is 2.57. The van der Waals surface area contributed by atoms with Gasteiger partial charge in [0.15, 0.2) is 0 Å². The molecule has 10 atom stereocenters. The highest BCUT2D eigenvalue weighted by Gasteiger charge is 2.77. The van der Waals surface area contributed by atoms with Gasteiger partial charge in [-0.05, 0) is 123 Å². The molecule has 35 heavy (non-hydrogen) atoms. The van der Waals surface area contributed by atoms with E-state index in [0.29, 0.717) is 34.9 Å². The molecule has 0 amide bonds. The normalized spacial score (nSPS) is 46.3. The smallest absolute Gasteiger partial charge is 0.140 e. The van der Waals surface area contributed by atoms with Gasteiger partial charge in [-0.25, -0.2) is 0 Å². The predicted molar refractivity (Wildman–Crippen MR) is 138 cm³/mol. The first-order valence-corrected chi connectivity index (χ1v) is 14.6. The van der Waals surface area contributed by atoms with Crippen molar-refractivity contribution in [2.45, 2.75) is 91.1 Å². The number of aryl methyl sites for hydroxylation is 1. The van der Waals surface area contributed by atoms with Crippen molar-refractivity contribution in [2.24, 2.45) is 51.8 Å². The molecular formula is C31H47NO3. The van der Waals surface area contributed by atoms with Crippen molar-refractivity contribution in [3.8, 4) is 5.75 Å². The van der Waals surface area contributed by atoms with Gasteiger partial charge >= 0.3 is 0 Å². The molecule has 6 rings (SSSR count). The van der Waals surface area contributed by atoms with Gasteiger partial charge in [-0.2, -0.15) is 0 Å². The van der Waals surface area contributed by atoms with E-state index in [0.717, 1.165) is 53.9 Å². The third kappa shape index (κ3) is 3.41. The summed E-state index contributed by atoms with van der Waals surface area (Å²) in [5, 5.41) is 9.16. The van der Waals surface area contributed by atoms with Crippen molar-refractivity contribution in [3.05, 3.63) is 24.0 Å². The van der Waals surface area contributed by atoms with Gasteiger partial charge in [-0.15, -0.1) is 0 Å². The number of hydrogen-bond donors (Lipinski definition) is 1. The lowest BCUT2D eigenvalue weighted by molar-refractivity contribution is -0.161. The molecule has 1 aromatic heterocycles. The van der Waals surface area contributed by atoms with Crippen LogP contribution in [0.1, 0.15) is 84.3 Å². The van der Waals surface area contributed by atoms with E-state index in [1.165, 1.54) is 51.4 Å². The van der Waals surface area contributed by atoms with Crippen LogP contribution in [0.15, 0.2) is 18.3 Å². The Labute approximate surface area is 212 Å². The highest BCUT2D eigenvalue weighted by Crippen LogP contribution is 2.82. The van der Waals surface area contributed by atoms with Crippen molar-refractivity contribution in [1.82, 2.24) is 4.98 Å². The second-order valence-electron chi connectivity index (χ2n) is 13.5. The van der Waals surface area contributed by atoms with Crippen LogP contribution in [0.4, 0.5) is 0 Å². The van der Waals surface area contributed by atoms with E-state index in [9.17, 15) is 0 Å². The third-order valence-corrected chi connectivity index (χ3v) is 12.6. The molecule has 194 valence electrons. The van der Waals surface area contributed by atoms with Crippen LogP contribution in [0.2, 0.25) is 0 Å². The minimum atomic E-state index is 0.0411. The van der Waals surface area contributed by atoms with Crippen molar-refractivity contribution >= 4 is 0 Å². The van der Waals surface area contributed by atoms with Gasteiger partial charge in [0.1, 0.15) is 12.4 Å². The lowest BCUT2D eigenvalue weighted by Gasteiger charge is -2.61. The Bertz CT molecular complexity index is 936. The van der Waals surface area contributed by atoms with Gasteiger partial charge in [0.25, 0.3) is 0 Å². The third-order valence-electron chi connectivity index (χ3n) is 12.6. The molecule has 1 unspecified atom stereocenters. The lowest BCUT2D eigenvalue weighted by Crippen LogP contribution is -2.57. The number of nitrogens with zero attached hydrogens (tertiary/aromatic N) is 1. The van der Waals surface area contributed by atoms with E-state index in [1.54, 1.807) is 0 Å². The van der Waals surface area contributed by atoms with Crippen molar-refractivity contribution in [1.29, 1.82) is 0 Å². The van der Waals surface area contributed by atoms with Gasteiger partial charge in [0.05, 0.1) is 18.4 Å². The zero-order valence-corrected chi connectivity index (χ0v) is 22.5. The average Bonchev–Trinajstić information content (AvgIpc) is 3.37. The van der Waals surface area contributed by atoms with E-state index < -0.39 is 0 Å². The van der Waals surface area contributed by atoms with Gasteiger partial charge in [-0.3, -0.25) is 4.98 Å². The van der Waals surface area contributed by atoms with E-state index >= 15 is 0 Å². The Balaban J connectivity index is 1.17. The monoisotopic (exact) mass is 481 g/mol. The molecule has 5 aliphatic rings. The molecule has 5 saturated carbocycles. The number of ether oxygens (including phenoxy) is 2. The maximum Gasteiger partial charge on any atom is 0.140 e. The molecule has 1 aromatic rings. The number of aliphatic hydroxyl groups excluding tert-OH is 1. The van der Waals surface area contributed by atoms with E-state index in [2.05, 4.69) is 25.8 Å². The first-order chi connectivity index (χ1) is 16.9. The quantitative estimate of drug-likeness (QED) is 0.473. The van der Waals surface area contributed by atoms with Gasteiger partial charge in [-0.1, -0.05) is 20.8 Å². The number of fused-ring (bicyclic) bond motifs is 4. The number of aliphatic hydroxyl groups is 1. The van der Waals surface area contributed by atoms with Crippen LogP contribution in [0.3, 0.4) is 0 Å². The van der Waals surface area contributed by atoms with E-state index in [1.807, 2.05) is 25.4 Å². The molecule has 1 N–H and O–H groups in total. The molecule has 0 aliphatic heterocycles. The van der Waals surface area contributed by atoms with Crippen LogP contribution in [-0.4, -0.2) is 36.5 Å². The molecule has 0 aromatic carbocycles. The van der Waals surface area contributed by atoms with Crippen molar-refractivity contribution in [2.75, 3.05) is 20.3 Å². The number of aromatic nitrogens is 1. The molecule has 1 heterocycles. The summed E-state index contributed by atoms with van der Waals surface area (Å²) in [6.07, 6.45) is 15.9. The maximum atomic E-state index is 9.16. The fraction of sp³-hybridized carbons (Fsp3) is 0.839. The van der Waals surface area contributed by atoms with Gasteiger partial charge in [0.2, 0.25) is 0 Å². The lowest BCUT2D eigenvalue weighted by atomic mass is 9.45. The Kier molecular flexibility index (Phi) is 6.04. The summed E-state index contributed by atoms with van der Waals surface area (Å²) < 4.78 is 12.1. The van der Waals surface area contributed by atoms with E-state index in [-0.39, 0.29) is 6.61 Å². The molecule has 0 saturated heterocycles. The topological polar surface area (TPSA) is 51.6 Å². The molecule has 4 nitrogen and oxygen atoms in total. The Hall–Kier alpha value is -1.13. The number of pyridine rings is 1. The summed E-state index contributed by atoms with van der Waals surface area (Å²) in [6.45, 7) is 8.23. The van der Waals surface area contributed by atoms with E-state index in [4.69, 9.17) is 14.6 Å². The predicted octanol–water partition coefficient (Wildman–Crippen LogP) is 6.31. The average molecular weight is 482 g/mol. The standard InChI is InChI=1S/C31H47NO3/c1-20(7-10-26-27(35-17-16-33)6-5-15-32-26)23-8-9-24-22-18-28(34-4)31-19-21(31)11-14-30(31,3)25(22)12-13-29(23,24)2/h5-6,15,20-25,28,33H,7-14,16-19H2,1-4H3/t20-,21-,22+,23-,24+,25+,28?,29-,30-,31+/m1/s1. The second-order valence-corrected chi connectivity index (χ2v) is 13.5. The highest BCUT2D eigenvalue weighted by molar-refractivity contribution is 5.28. The largest absolute Gasteiger partial charge is 0.489 e. The van der Waals surface area contributed by atoms with Crippen molar-refractivity contribution in [3.63, 3.8) is 0 Å². The number of hydrogen-bond acceptors (Lipinski definition) is 4. The first kappa shape index (κ1) is 24.2. The summed E-state index contributed by atoms with van der Waals surface area (Å²) in [6, 6.07) is 3.92. The molecule has 1 spiro atoms. The van der Waals surface area contributed by atoms with Crippen LogP contribution >= 0.6 is 0 Å². The minimum absolute atomic E-state index is 0.0411. The summed E-state index contributed by atoms with van der Waals surface area (Å²) in [7, 11) is 2.01. The zero-order chi connectivity index (χ0) is 24.4. The molecule has 4 heteroatoms. The fourth-order valence-corrected chi connectivity index (χ4v) is 11.0. The van der Waals surface area contributed by atoms with Crippen LogP contribution in [0, 0.1) is 51.8 Å². The Morgan fingerprint density at radius 1 is 1.14 bits per heavy atom. The second kappa shape index (κ2) is 8.72. The van der Waals surface area contributed by atoms with Crippen molar-refractivity contribution < 1.29 is 14.6 Å². The van der Waals surface area contributed by atoms with Gasteiger partial charge < -0.3 is 14.6 Å². The number of rotatable bonds is 8.